The largest absolute Gasteiger partial charge is 0.484 e. The minimum Gasteiger partial charge on any atom is -0.484 e. The number of para-hydroxylation sites is 1. The topological polar surface area (TPSA) is 69.5 Å². The van der Waals surface area contributed by atoms with Gasteiger partial charge in [0.15, 0.2) is 12.4 Å². The number of methoxy groups -OCH3 is 1. The maximum Gasteiger partial charge on any atom is 0.260 e. The molecule has 2 aromatic rings. The number of amides is 1. The molecule has 24 heavy (non-hydrogen) atoms. The van der Waals surface area contributed by atoms with Crippen molar-refractivity contribution >= 4 is 5.91 Å². The number of rotatable bonds is 5. The predicted octanol–water partition coefficient (Wildman–Crippen LogP) is 1.28. The van der Waals surface area contributed by atoms with E-state index in [4.69, 9.17) is 9.47 Å². The lowest BCUT2D eigenvalue weighted by Gasteiger charge is -2.26. The van der Waals surface area contributed by atoms with Gasteiger partial charge in [-0.2, -0.15) is 0 Å². The van der Waals surface area contributed by atoms with Crippen LogP contribution in [0.3, 0.4) is 0 Å². The third kappa shape index (κ3) is 3.56. The summed E-state index contributed by atoms with van der Waals surface area (Å²) in [5.74, 6) is 2.38. The summed E-state index contributed by atoms with van der Waals surface area (Å²) in [5.41, 5.74) is 0. The molecule has 3 rings (SSSR count). The zero-order chi connectivity index (χ0) is 16.9. The summed E-state index contributed by atoms with van der Waals surface area (Å²) in [4.78, 5) is 14.4. The minimum absolute atomic E-state index is 0.0154. The number of carbonyl (C=O) groups excluding carboxylic acids is 1. The Labute approximate surface area is 141 Å². The van der Waals surface area contributed by atoms with Gasteiger partial charge >= 0.3 is 0 Å². The van der Waals surface area contributed by atoms with Crippen LogP contribution < -0.4 is 4.74 Å². The molecule has 1 atom stereocenters. The molecule has 0 bridgehead atoms. The quantitative estimate of drug-likeness (QED) is 0.826. The van der Waals surface area contributed by atoms with Gasteiger partial charge in [-0.1, -0.05) is 18.2 Å². The Morgan fingerprint density at radius 2 is 2.04 bits per heavy atom. The summed E-state index contributed by atoms with van der Waals surface area (Å²) in [6.07, 6.45) is 0.674. The summed E-state index contributed by atoms with van der Waals surface area (Å²) in [6.45, 7) is 3.77. The number of hydrogen-bond acceptors (Lipinski definition) is 5. The maximum absolute atomic E-state index is 12.5. The third-order valence-electron chi connectivity index (χ3n) is 4.18. The molecule has 0 fully saturated rings. The molecule has 0 unspecified atom stereocenters. The van der Waals surface area contributed by atoms with Crippen LogP contribution in [0.25, 0.3) is 0 Å². The fourth-order valence-electron chi connectivity index (χ4n) is 2.94. The van der Waals surface area contributed by atoms with Gasteiger partial charge in [-0.3, -0.25) is 4.79 Å². The molecular formula is C17H22N4O3. The van der Waals surface area contributed by atoms with Crippen molar-refractivity contribution in [3.05, 3.63) is 42.0 Å². The van der Waals surface area contributed by atoms with E-state index in [0.717, 1.165) is 11.6 Å². The summed E-state index contributed by atoms with van der Waals surface area (Å²) in [5, 5.41) is 8.41. The van der Waals surface area contributed by atoms with Gasteiger partial charge in [-0.15, -0.1) is 10.2 Å². The lowest BCUT2D eigenvalue weighted by Crippen LogP contribution is -2.42. The average Bonchev–Trinajstić information content (AvgIpc) is 2.87. The number of aromatic nitrogens is 3. The fraction of sp³-hybridized carbons (Fsp3) is 0.471. The third-order valence-corrected chi connectivity index (χ3v) is 4.18. The molecular weight excluding hydrogens is 308 g/mol. The summed E-state index contributed by atoms with van der Waals surface area (Å²) < 4.78 is 12.8. The average molecular weight is 330 g/mol. The maximum atomic E-state index is 12.5. The first-order chi connectivity index (χ1) is 11.7. The van der Waals surface area contributed by atoms with Gasteiger partial charge in [0.2, 0.25) is 0 Å². The van der Waals surface area contributed by atoms with Gasteiger partial charge < -0.3 is 18.9 Å². The summed E-state index contributed by atoms with van der Waals surface area (Å²) >= 11 is 0. The minimum atomic E-state index is -0.0154. The molecule has 1 aromatic carbocycles. The normalized spacial score (nSPS) is 17.2. The van der Waals surface area contributed by atoms with Crippen molar-refractivity contribution in [3.63, 3.8) is 0 Å². The van der Waals surface area contributed by atoms with Crippen LogP contribution in [0.15, 0.2) is 30.3 Å². The molecule has 0 saturated carbocycles. The van der Waals surface area contributed by atoms with Gasteiger partial charge in [0.05, 0.1) is 0 Å². The molecule has 1 aliphatic rings. The van der Waals surface area contributed by atoms with E-state index in [1.54, 1.807) is 7.11 Å². The highest BCUT2D eigenvalue weighted by Gasteiger charge is 2.27. The molecule has 2 heterocycles. The van der Waals surface area contributed by atoms with E-state index in [2.05, 4.69) is 10.2 Å². The van der Waals surface area contributed by atoms with Gasteiger partial charge in [0.1, 0.15) is 18.2 Å². The molecule has 7 nitrogen and oxygen atoms in total. The van der Waals surface area contributed by atoms with Crippen LogP contribution in [0.2, 0.25) is 0 Å². The first-order valence-corrected chi connectivity index (χ1v) is 8.06. The second-order valence-corrected chi connectivity index (χ2v) is 5.86. The highest BCUT2D eigenvalue weighted by Crippen LogP contribution is 2.16. The number of nitrogens with zero attached hydrogens (tertiary/aromatic N) is 4. The highest BCUT2D eigenvalue weighted by atomic mass is 16.5. The molecule has 7 heteroatoms. The number of benzene rings is 1. The highest BCUT2D eigenvalue weighted by molar-refractivity contribution is 5.78. The Balaban J connectivity index is 1.64. The van der Waals surface area contributed by atoms with E-state index in [-0.39, 0.29) is 18.6 Å². The number of hydrogen-bond donors (Lipinski definition) is 0. The lowest BCUT2D eigenvalue weighted by molar-refractivity contribution is -0.135. The van der Waals surface area contributed by atoms with Gasteiger partial charge in [0, 0.05) is 32.7 Å². The van der Waals surface area contributed by atoms with Crippen molar-refractivity contribution < 1.29 is 14.3 Å². The fourth-order valence-corrected chi connectivity index (χ4v) is 2.94. The van der Waals surface area contributed by atoms with Crippen molar-refractivity contribution in [2.24, 2.45) is 0 Å². The Morgan fingerprint density at radius 3 is 2.79 bits per heavy atom. The number of carbonyl (C=O) groups is 1. The van der Waals surface area contributed by atoms with Crippen LogP contribution in [-0.4, -0.2) is 51.9 Å². The second-order valence-electron chi connectivity index (χ2n) is 5.86. The van der Waals surface area contributed by atoms with Crippen LogP contribution in [0.4, 0.5) is 0 Å². The van der Waals surface area contributed by atoms with Gasteiger partial charge in [-0.05, 0) is 19.1 Å². The van der Waals surface area contributed by atoms with Crippen molar-refractivity contribution in [3.8, 4) is 5.75 Å². The molecule has 0 radical (unpaired) electrons. The molecule has 1 amide bonds. The van der Waals surface area contributed by atoms with Crippen molar-refractivity contribution in [2.45, 2.75) is 32.5 Å². The van der Waals surface area contributed by atoms with Crippen LogP contribution in [0.1, 0.15) is 18.6 Å². The Kier molecular flexibility index (Phi) is 5.10. The monoisotopic (exact) mass is 330 g/mol. The van der Waals surface area contributed by atoms with Gasteiger partial charge in [-0.25, -0.2) is 0 Å². The molecule has 0 aliphatic carbocycles. The zero-order valence-electron chi connectivity index (χ0n) is 14.0. The smallest absolute Gasteiger partial charge is 0.260 e. The molecule has 128 valence electrons. The molecule has 1 aromatic heterocycles. The second kappa shape index (κ2) is 7.44. The number of ether oxygens (including phenoxy) is 2. The van der Waals surface area contributed by atoms with E-state index in [9.17, 15) is 4.79 Å². The molecule has 1 aliphatic heterocycles. The predicted molar refractivity (Wildman–Crippen MR) is 87.6 cm³/mol. The standard InChI is InChI=1S/C17H22N4O3/c1-13-10-15-18-19-16(11-23-2)21(15)9-8-20(13)17(22)12-24-14-6-4-3-5-7-14/h3-7,13H,8-12H2,1-2H3/t13-/m0/s1. The van der Waals surface area contributed by atoms with E-state index in [1.807, 2.05) is 46.7 Å². The Bertz CT molecular complexity index is 686. The van der Waals surface area contributed by atoms with Crippen molar-refractivity contribution in [1.82, 2.24) is 19.7 Å². The van der Waals surface area contributed by atoms with E-state index in [0.29, 0.717) is 31.9 Å². The van der Waals surface area contributed by atoms with Crippen molar-refractivity contribution in [1.29, 1.82) is 0 Å². The first-order valence-electron chi connectivity index (χ1n) is 8.06. The van der Waals surface area contributed by atoms with Crippen LogP contribution in [-0.2, 0) is 29.1 Å². The van der Waals surface area contributed by atoms with E-state index >= 15 is 0 Å². The SMILES string of the molecule is COCc1nnc2n1CCN(C(=O)COc1ccccc1)[C@@H](C)C2. The first kappa shape index (κ1) is 16.4. The Hall–Kier alpha value is -2.41. The van der Waals surface area contributed by atoms with Crippen molar-refractivity contribution in [2.75, 3.05) is 20.3 Å². The van der Waals surface area contributed by atoms with Crippen LogP contribution in [0, 0.1) is 0 Å². The number of fused-ring (bicyclic) bond motifs is 1. The summed E-state index contributed by atoms with van der Waals surface area (Å²) in [7, 11) is 1.64. The van der Waals surface area contributed by atoms with Crippen LogP contribution >= 0.6 is 0 Å². The lowest BCUT2D eigenvalue weighted by atomic mass is 10.2. The Morgan fingerprint density at radius 1 is 1.25 bits per heavy atom. The summed E-state index contributed by atoms with van der Waals surface area (Å²) in [6, 6.07) is 9.43. The van der Waals surface area contributed by atoms with Gasteiger partial charge in [0.25, 0.3) is 5.91 Å². The molecule has 0 N–H and O–H groups in total. The van der Waals surface area contributed by atoms with E-state index in [1.165, 1.54) is 0 Å². The molecule has 0 saturated heterocycles. The zero-order valence-corrected chi connectivity index (χ0v) is 14.0. The van der Waals surface area contributed by atoms with E-state index < -0.39 is 0 Å². The molecule has 0 spiro atoms. The van der Waals surface area contributed by atoms with Crippen LogP contribution in [0.5, 0.6) is 5.75 Å².